The number of hydrogen-bond acceptors (Lipinski definition) is 2. The molecule has 0 fully saturated rings. The zero-order valence-electron chi connectivity index (χ0n) is 23.2. The summed E-state index contributed by atoms with van der Waals surface area (Å²) in [4.78, 5) is 0. The summed E-state index contributed by atoms with van der Waals surface area (Å²) in [5.41, 5.74) is 19.9. The largest absolute Gasteiger partial charge is 0.325 e. The van der Waals surface area contributed by atoms with E-state index in [4.69, 9.17) is 11.5 Å². The Morgan fingerprint density at radius 3 is 2.50 bits per heavy atom. The fourth-order valence-electron chi connectivity index (χ4n) is 5.50. The minimum atomic E-state index is -0.643. The van der Waals surface area contributed by atoms with Crippen LogP contribution in [-0.2, 0) is 5.54 Å². The molecule has 0 amide bonds. The van der Waals surface area contributed by atoms with Gasteiger partial charge in [-0.1, -0.05) is 104 Å². The summed E-state index contributed by atoms with van der Waals surface area (Å²) >= 11 is 0. The van der Waals surface area contributed by atoms with E-state index in [1.165, 1.54) is 40.3 Å². The van der Waals surface area contributed by atoms with Crippen LogP contribution in [0, 0.1) is 0 Å². The second kappa shape index (κ2) is 12.4. The lowest BCUT2D eigenvalue weighted by Gasteiger charge is -2.34. The number of rotatable bonds is 9. The molecule has 3 aromatic rings. The lowest BCUT2D eigenvalue weighted by Crippen LogP contribution is -2.39. The summed E-state index contributed by atoms with van der Waals surface area (Å²) in [5, 5.41) is 2.45. The predicted octanol–water partition coefficient (Wildman–Crippen LogP) is 8.72. The molecule has 1 aliphatic carbocycles. The summed E-state index contributed by atoms with van der Waals surface area (Å²) in [6.07, 6.45) is 17.8. The van der Waals surface area contributed by atoms with E-state index in [0.29, 0.717) is 0 Å². The highest BCUT2D eigenvalue weighted by molar-refractivity contribution is 5.83. The van der Waals surface area contributed by atoms with Gasteiger partial charge in [0.05, 0.1) is 0 Å². The SMILES string of the molecule is C=C/C(=C\C=CC(c1ccc2ccccc2c1)C(C)(N)c1cccc(/C(C)=C/C(C)N)c1)C1=CCCCC1. The standard InChI is InChI=1S/C36H42N2/c1-5-28(29-13-7-6-8-14-29)17-12-20-35(33-22-21-30-15-9-10-16-32(30)24-33)36(4,38)34-19-11-18-31(25-34)26(2)23-27(3)37/h5,9-13,15-25,27,35H,1,6-8,14,37-38H2,2-4H3/b20-12?,26-23+,28-17+. The van der Waals surface area contributed by atoms with E-state index < -0.39 is 5.54 Å². The van der Waals surface area contributed by atoms with Gasteiger partial charge in [-0.15, -0.1) is 0 Å². The van der Waals surface area contributed by atoms with Gasteiger partial charge in [0, 0.05) is 17.5 Å². The van der Waals surface area contributed by atoms with Gasteiger partial charge in [0.15, 0.2) is 0 Å². The summed E-state index contributed by atoms with van der Waals surface area (Å²) in [7, 11) is 0. The van der Waals surface area contributed by atoms with Crippen molar-refractivity contribution < 1.29 is 0 Å². The Kier molecular flexibility index (Phi) is 8.99. The molecule has 0 radical (unpaired) electrons. The van der Waals surface area contributed by atoms with E-state index in [9.17, 15) is 0 Å². The molecule has 3 aromatic carbocycles. The molecule has 0 saturated carbocycles. The van der Waals surface area contributed by atoms with Crippen molar-refractivity contribution in [3.05, 3.63) is 138 Å². The van der Waals surface area contributed by atoms with E-state index in [-0.39, 0.29) is 12.0 Å². The fourth-order valence-corrected chi connectivity index (χ4v) is 5.50. The van der Waals surface area contributed by atoms with Gasteiger partial charge < -0.3 is 11.5 Å². The molecular formula is C36H42N2. The number of hydrogen-bond donors (Lipinski definition) is 2. The number of allylic oxidation sites excluding steroid dienone is 7. The van der Waals surface area contributed by atoms with Gasteiger partial charge in [0.25, 0.3) is 0 Å². The second-order valence-corrected chi connectivity index (χ2v) is 10.8. The summed E-state index contributed by atoms with van der Waals surface area (Å²) < 4.78 is 0. The quantitative estimate of drug-likeness (QED) is 0.287. The van der Waals surface area contributed by atoms with Crippen LogP contribution in [0.4, 0.5) is 0 Å². The lowest BCUT2D eigenvalue weighted by molar-refractivity contribution is 0.442. The maximum atomic E-state index is 7.27. The predicted molar refractivity (Wildman–Crippen MR) is 166 cm³/mol. The molecule has 2 heteroatoms. The van der Waals surface area contributed by atoms with Crippen molar-refractivity contribution in [1.82, 2.24) is 0 Å². The second-order valence-electron chi connectivity index (χ2n) is 10.8. The van der Waals surface area contributed by atoms with Gasteiger partial charge in [-0.25, -0.2) is 0 Å². The maximum absolute atomic E-state index is 7.27. The van der Waals surface area contributed by atoms with Gasteiger partial charge in [-0.05, 0) is 96.7 Å². The van der Waals surface area contributed by atoms with Crippen LogP contribution in [0.1, 0.15) is 69.1 Å². The van der Waals surface area contributed by atoms with E-state index in [1.54, 1.807) is 0 Å². The number of benzene rings is 3. The molecule has 38 heavy (non-hydrogen) atoms. The van der Waals surface area contributed by atoms with Crippen LogP contribution in [0.15, 0.2) is 121 Å². The molecule has 0 saturated heterocycles. The molecule has 4 rings (SSSR count). The average Bonchev–Trinajstić information content (AvgIpc) is 2.93. The monoisotopic (exact) mass is 502 g/mol. The first-order valence-electron chi connectivity index (χ1n) is 13.8. The maximum Gasteiger partial charge on any atom is 0.0485 e. The van der Waals surface area contributed by atoms with Crippen molar-refractivity contribution in [2.45, 2.75) is 64.0 Å². The molecule has 0 heterocycles. The minimum Gasteiger partial charge on any atom is -0.325 e. The molecule has 196 valence electrons. The molecule has 4 N–H and O–H groups in total. The molecular weight excluding hydrogens is 460 g/mol. The summed E-state index contributed by atoms with van der Waals surface area (Å²) in [6, 6.07) is 23.8. The normalized spacial score (nSPS) is 18.2. The van der Waals surface area contributed by atoms with Crippen LogP contribution in [-0.4, -0.2) is 6.04 Å². The highest BCUT2D eigenvalue weighted by atomic mass is 14.7. The van der Waals surface area contributed by atoms with Crippen LogP contribution < -0.4 is 11.5 Å². The van der Waals surface area contributed by atoms with Crippen molar-refractivity contribution in [2.24, 2.45) is 11.5 Å². The lowest BCUT2D eigenvalue weighted by atomic mass is 9.75. The minimum absolute atomic E-state index is 0.00122. The Balaban J connectivity index is 1.78. The first kappa shape index (κ1) is 27.6. The van der Waals surface area contributed by atoms with Gasteiger partial charge in [0.2, 0.25) is 0 Å². The van der Waals surface area contributed by atoms with Gasteiger partial charge in [0.1, 0.15) is 0 Å². The highest BCUT2D eigenvalue weighted by Crippen LogP contribution is 2.38. The van der Waals surface area contributed by atoms with Crippen LogP contribution in [0.25, 0.3) is 16.3 Å². The van der Waals surface area contributed by atoms with Gasteiger partial charge >= 0.3 is 0 Å². The van der Waals surface area contributed by atoms with Crippen LogP contribution >= 0.6 is 0 Å². The Morgan fingerprint density at radius 1 is 1.00 bits per heavy atom. The van der Waals surface area contributed by atoms with E-state index in [2.05, 4.69) is 118 Å². The van der Waals surface area contributed by atoms with E-state index in [0.717, 1.165) is 29.5 Å². The molecule has 2 nitrogen and oxygen atoms in total. The fraction of sp³-hybridized carbons (Fsp3) is 0.278. The highest BCUT2D eigenvalue weighted by Gasteiger charge is 2.32. The molecule has 0 bridgehead atoms. The first-order chi connectivity index (χ1) is 18.3. The van der Waals surface area contributed by atoms with Crippen molar-refractivity contribution in [1.29, 1.82) is 0 Å². The Morgan fingerprint density at radius 2 is 1.79 bits per heavy atom. The van der Waals surface area contributed by atoms with Gasteiger partial charge in [-0.2, -0.15) is 0 Å². The Bertz CT molecular complexity index is 1400. The molecule has 1 aliphatic rings. The van der Waals surface area contributed by atoms with Crippen LogP contribution in [0.2, 0.25) is 0 Å². The van der Waals surface area contributed by atoms with Crippen LogP contribution in [0.3, 0.4) is 0 Å². The van der Waals surface area contributed by atoms with Crippen molar-refractivity contribution in [2.75, 3.05) is 0 Å². The smallest absolute Gasteiger partial charge is 0.0485 e. The first-order valence-corrected chi connectivity index (χ1v) is 13.8. The Labute approximate surface area is 229 Å². The molecule has 3 atom stereocenters. The average molecular weight is 503 g/mol. The van der Waals surface area contributed by atoms with Crippen molar-refractivity contribution in [3.8, 4) is 0 Å². The number of fused-ring (bicyclic) bond motifs is 1. The van der Waals surface area contributed by atoms with E-state index >= 15 is 0 Å². The molecule has 3 unspecified atom stereocenters. The summed E-state index contributed by atoms with van der Waals surface area (Å²) in [5.74, 6) is -0.0391. The van der Waals surface area contributed by atoms with Crippen molar-refractivity contribution in [3.63, 3.8) is 0 Å². The molecule has 0 spiro atoms. The van der Waals surface area contributed by atoms with Gasteiger partial charge in [-0.3, -0.25) is 0 Å². The Hall–Kier alpha value is -3.46. The van der Waals surface area contributed by atoms with E-state index in [1.807, 2.05) is 13.0 Å². The van der Waals surface area contributed by atoms with Crippen molar-refractivity contribution >= 4 is 16.3 Å². The molecule has 0 aromatic heterocycles. The summed E-state index contributed by atoms with van der Waals surface area (Å²) in [6.45, 7) is 10.3. The number of nitrogens with two attached hydrogens (primary N) is 2. The third-order valence-electron chi connectivity index (χ3n) is 7.69. The van der Waals surface area contributed by atoms with Crippen LogP contribution in [0.5, 0.6) is 0 Å². The zero-order chi connectivity index (χ0) is 27.1. The third-order valence-corrected chi connectivity index (χ3v) is 7.69. The molecule has 0 aliphatic heterocycles. The third kappa shape index (κ3) is 6.51. The zero-order valence-corrected chi connectivity index (χ0v) is 23.2. The topological polar surface area (TPSA) is 52.0 Å².